The summed E-state index contributed by atoms with van der Waals surface area (Å²) in [6, 6.07) is 19.6. The Morgan fingerprint density at radius 1 is 1.10 bits per heavy atom. The van der Waals surface area contributed by atoms with Gasteiger partial charge in [-0.2, -0.15) is 5.26 Å². The molecule has 0 aliphatic heterocycles. The van der Waals surface area contributed by atoms with Gasteiger partial charge in [0.15, 0.2) is 0 Å². The highest BCUT2D eigenvalue weighted by molar-refractivity contribution is 6.04. The molecule has 0 unspecified atom stereocenters. The first-order valence-electron chi connectivity index (χ1n) is 8.96. The van der Waals surface area contributed by atoms with Crippen LogP contribution in [0.2, 0.25) is 0 Å². The van der Waals surface area contributed by atoms with Crippen molar-refractivity contribution in [3.63, 3.8) is 0 Å². The molecule has 7 heteroatoms. The number of nitrogens with zero attached hydrogens (tertiary/aromatic N) is 2. The van der Waals surface area contributed by atoms with Crippen LogP contribution in [0, 0.1) is 11.3 Å². The van der Waals surface area contributed by atoms with Gasteiger partial charge in [-0.1, -0.05) is 6.07 Å². The van der Waals surface area contributed by atoms with Crippen molar-refractivity contribution >= 4 is 17.4 Å². The maximum absolute atomic E-state index is 12.3. The lowest BCUT2D eigenvalue weighted by Crippen LogP contribution is -2.14. The molecule has 0 spiro atoms. The average Bonchev–Trinajstić information content (AvgIpc) is 2.77. The first kappa shape index (κ1) is 19.7. The van der Waals surface area contributed by atoms with Crippen molar-refractivity contribution < 1.29 is 14.3 Å². The molecule has 3 aromatic rings. The molecule has 0 aliphatic carbocycles. The second-order valence-corrected chi connectivity index (χ2v) is 6.03. The Labute approximate surface area is 168 Å². The number of rotatable bonds is 8. The van der Waals surface area contributed by atoms with Gasteiger partial charge >= 0.3 is 0 Å². The van der Waals surface area contributed by atoms with Crippen LogP contribution in [0.4, 0.5) is 11.5 Å². The number of amides is 1. The third-order valence-corrected chi connectivity index (χ3v) is 4.01. The fourth-order valence-electron chi connectivity index (χ4n) is 2.52. The molecule has 2 N–H and O–H groups in total. The normalized spacial score (nSPS) is 9.93. The number of pyridine rings is 1. The standard InChI is InChI=1S/C22H20N4O3/c1-28-19-6-8-20(9-7-19)29-12-11-24-21-10-5-17(15-25-21)22(27)26-18-4-2-3-16(13-18)14-23/h2-10,13,15H,11-12H2,1H3,(H,24,25)(H,26,27). The molecule has 0 aliphatic rings. The number of nitriles is 1. The van der Waals surface area contributed by atoms with Crippen LogP contribution in [0.15, 0.2) is 66.9 Å². The van der Waals surface area contributed by atoms with Crippen molar-refractivity contribution in [2.45, 2.75) is 0 Å². The SMILES string of the molecule is COc1ccc(OCCNc2ccc(C(=O)Nc3cccc(C#N)c3)cn2)cc1. The minimum Gasteiger partial charge on any atom is -0.497 e. The van der Waals surface area contributed by atoms with Crippen molar-refractivity contribution in [1.82, 2.24) is 4.98 Å². The Bertz CT molecular complexity index is 996. The van der Waals surface area contributed by atoms with Crippen LogP contribution in [0.1, 0.15) is 15.9 Å². The Kier molecular flexibility index (Phi) is 6.63. The van der Waals surface area contributed by atoms with Gasteiger partial charge in [0.05, 0.1) is 30.9 Å². The van der Waals surface area contributed by atoms with Crippen LogP contribution in [0.5, 0.6) is 11.5 Å². The third-order valence-electron chi connectivity index (χ3n) is 4.01. The van der Waals surface area contributed by atoms with E-state index in [0.29, 0.717) is 35.8 Å². The van der Waals surface area contributed by atoms with Crippen molar-refractivity contribution in [3.05, 3.63) is 78.0 Å². The van der Waals surface area contributed by atoms with Gasteiger partial charge in [-0.25, -0.2) is 4.98 Å². The topological polar surface area (TPSA) is 96.3 Å². The first-order valence-corrected chi connectivity index (χ1v) is 8.96. The summed E-state index contributed by atoms with van der Waals surface area (Å²) >= 11 is 0. The lowest BCUT2D eigenvalue weighted by atomic mass is 10.2. The highest BCUT2D eigenvalue weighted by Crippen LogP contribution is 2.17. The van der Waals surface area contributed by atoms with Crippen molar-refractivity contribution in [2.24, 2.45) is 0 Å². The van der Waals surface area contributed by atoms with Gasteiger partial charge in [0, 0.05) is 11.9 Å². The van der Waals surface area contributed by atoms with E-state index >= 15 is 0 Å². The van der Waals surface area contributed by atoms with Crippen LogP contribution in [-0.4, -0.2) is 31.2 Å². The number of benzene rings is 2. The van der Waals surface area contributed by atoms with E-state index in [2.05, 4.69) is 15.6 Å². The molecule has 1 amide bonds. The van der Waals surface area contributed by atoms with Crippen LogP contribution in [0.25, 0.3) is 0 Å². The molecular weight excluding hydrogens is 368 g/mol. The second-order valence-electron chi connectivity index (χ2n) is 6.03. The van der Waals surface area contributed by atoms with E-state index in [1.54, 1.807) is 43.5 Å². The van der Waals surface area contributed by atoms with Gasteiger partial charge in [-0.05, 0) is 54.6 Å². The second kappa shape index (κ2) is 9.76. The predicted octanol–water partition coefficient (Wildman–Crippen LogP) is 3.71. The van der Waals surface area contributed by atoms with Gasteiger partial charge in [0.1, 0.15) is 23.9 Å². The van der Waals surface area contributed by atoms with Crippen molar-refractivity contribution in [3.8, 4) is 17.6 Å². The summed E-state index contributed by atoms with van der Waals surface area (Å²) < 4.78 is 10.7. The molecule has 0 saturated heterocycles. The van der Waals surface area contributed by atoms with E-state index in [-0.39, 0.29) is 5.91 Å². The molecule has 2 aromatic carbocycles. The number of anilines is 2. The van der Waals surface area contributed by atoms with E-state index in [0.717, 1.165) is 11.5 Å². The molecule has 29 heavy (non-hydrogen) atoms. The maximum Gasteiger partial charge on any atom is 0.257 e. The fourth-order valence-corrected chi connectivity index (χ4v) is 2.52. The van der Waals surface area contributed by atoms with Gasteiger partial charge < -0.3 is 20.1 Å². The third kappa shape index (κ3) is 5.71. The summed E-state index contributed by atoms with van der Waals surface area (Å²) in [6.45, 7) is 1.02. The highest BCUT2D eigenvalue weighted by atomic mass is 16.5. The van der Waals surface area contributed by atoms with Crippen LogP contribution < -0.4 is 20.1 Å². The zero-order valence-electron chi connectivity index (χ0n) is 15.9. The van der Waals surface area contributed by atoms with Gasteiger partial charge in [0.25, 0.3) is 5.91 Å². The summed E-state index contributed by atoms with van der Waals surface area (Å²) in [7, 11) is 1.62. The lowest BCUT2D eigenvalue weighted by Gasteiger charge is -2.09. The molecule has 1 heterocycles. The molecule has 0 fully saturated rings. The predicted molar refractivity (Wildman–Crippen MR) is 110 cm³/mol. The molecular formula is C22H20N4O3. The van der Waals surface area contributed by atoms with E-state index in [1.807, 2.05) is 30.3 Å². The lowest BCUT2D eigenvalue weighted by molar-refractivity contribution is 0.102. The van der Waals surface area contributed by atoms with Gasteiger partial charge in [-0.15, -0.1) is 0 Å². The zero-order valence-corrected chi connectivity index (χ0v) is 15.9. The van der Waals surface area contributed by atoms with Gasteiger partial charge in [0.2, 0.25) is 0 Å². The van der Waals surface area contributed by atoms with E-state index in [9.17, 15) is 4.79 Å². The molecule has 146 valence electrons. The summed E-state index contributed by atoms with van der Waals surface area (Å²) in [4.78, 5) is 16.6. The maximum atomic E-state index is 12.3. The largest absolute Gasteiger partial charge is 0.497 e. The monoisotopic (exact) mass is 388 g/mol. The Hall–Kier alpha value is -4.05. The number of carbonyl (C=O) groups excluding carboxylic acids is 1. The van der Waals surface area contributed by atoms with E-state index < -0.39 is 0 Å². The van der Waals surface area contributed by atoms with Gasteiger partial charge in [-0.3, -0.25) is 4.79 Å². The number of methoxy groups -OCH3 is 1. The summed E-state index contributed by atoms with van der Waals surface area (Å²) in [6.07, 6.45) is 1.50. The van der Waals surface area contributed by atoms with Crippen LogP contribution >= 0.6 is 0 Å². The minimum absolute atomic E-state index is 0.290. The number of hydrogen-bond acceptors (Lipinski definition) is 6. The average molecular weight is 388 g/mol. The molecule has 0 saturated carbocycles. The zero-order chi connectivity index (χ0) is 20.5. The number of nitrogens with one attached hydrogen (secondary N) is 2. The molecule has 7 nitrogen and oxygen atoms in total. The molecule has 0 radical (unpaired) electrons. The van der Waals surface area contributed by atoms with Crippen LogP contribution in [-0.2, 0) is 0 Å². The fraction of sp³-hybridized carbons (Fsp3) is 0.136. The quantitative estimate of drug-likeness (QED) is 0.571. The number of aromatic nitrogens is 1. The molecule has 3 rings (SSSR count). The number of carbonyl (C=O) groups is 1. The Morgan fingerprint density at radius 3 is 2.59 bits per heavy atom. The highest BCUT2D eigenvalue weighted by Gasteiger charge is 2.07. The van der Waals surface area contributed by atoms with E-state index in [1.165, 1.54) is 6.20 Å². The smallest absolute Gasteiger partial charge is 0.257 e. The summed E-state index contributed by atoms with van der Waals surface area (Å²) in [5.41, 5.74) is 1.47. The minimum atomic E-state index is -0.290. The molecule has 0 bridgehead atoms. The van der Waals surface area contributed by atoms with Crippen LogP contribution in [0.3, 0.4) is 0 Å². The number of ether oxygens (including phenoxy) is 2. The Morgan fingerprint density at radius 2 is 1.90 bits per heavy atom. The number of hydrogen-bond donors (Lipinski definition) is 2. The summed E-state index contributed by atoms with van der Waals surface area (Å²) in [5.74, 6) is 1.89. The Balaban J connectivity index is 1.46. The van der Waals surface area contributed by atoms with Crippen molar-refractivity contribution in [1.29, 1.82) is 5.26 Å². The van der Waals surface area contributed by atoms with Crippen molar-refractivity contribution in [2.75, 3.05) is 30.9 Å². The van der Waals surface area contributed by atoms with E-state index in [4.69, 9.17) is 14.7 Å². The summed E-state index contributed by atoms with van der Waals surface area (Å²) in [5, 5.41) is 14.8. The molecule has 0 atom stereocenters. The first-order chi connectivity index (χ1) is 14.2. The molecule has 1 aromatic heterocycles.